The summed E-state index contributed by atoms with van der Waals surface area (Å²) in [5.74, 6) is 1.12. The number of hydrogen-bond acceptors (Lipinski definition) is 3. The first kappa shape index (κ1) is 9.80. The molecule has 0 spiro atoms. The van der Waals surface area contributed by atoms with Gasteiger partial charge in [-0.2, -0.15) is 17.0 Å². The highest BCUT2D eigenvalue weighted by Crippen LogP contribution is 1.95. The van der Waals surface area contributed by atoms with E-state index in [2.05, 4.69) is 24.6 Å². The van der Waals surface area contributed by atoms with Gasteiger partial charge in [-0.15, -0.1) is 0 Å². The van der Waals surface area contributed by atoms with Gasteiger partial charge in [-0.25, -0.2) is 0 Å². The average Bonchev–Trinajstić information content (AvgIpc) is 1.89. The van der Waals surface area contributed by atoms with Crippen LogP contribution in [0.1, 0.15) is 13.3 Å². The minimum atomic E-state index is 0.531. The number of nitrogens with one attached hydrogen (secondary N) is 1. The van der Waals surface area contributed by atoms with Crippen LogP contribution >= 0.6 is 11.8 Å². The average molecular weight is 158 g/mol. The van der Waals surface area contributed by atoms with Crippen molar-refractivity contribution in [2.75, 3.05) is 18.6 Å². The van der Waals surface area contributed by atoms with E-state index in [1.54, 1.807) is 0 Å². The Morgan fingerprint density at radius 1 is 1.70 bits per heavy atom. The van der Waals surface area contributed by atoms with Gasteiger partial charge in [0.1, 0.15) is 0 Å². The van der Waals surface area contributed by atoms with Crippen molar-refractivity contribution in [3.8, 4) is 6.07 Å². The van der Waals surface area contributed by atoms with Crippen LogP contribution in [0.25, 0.3) is 0 Å². The maximum Gasteiger partial charge on any atom is 0.0635 e. The zero-order chi connectivity index (χ0) is 7.82. The highest BCUT2D eigenvalue weighted by Gasteiger charge is 1.96. The molecule has 0 aromatic rings. The highest BCUT2D eigenvalue weighted by atomic mass is 32.2. The minimum absolute atomic E-state index is 0.531. The zero-order valence-electron chi connectivity index (χ0n) is 6.55. The van der Waals surface area contributed by atoms with E-state index in [4.69, 9.17) is 5.26 Å². The number of thioether (sulfide) groups is 1. The molecule has 3 heteroatoms. The van der Waals surface area contributed by atoms with Crippen LogP contribution in [0.5, 0.6) is 0 Å². The lowest BCUT2D eigenvalue weighted by Crippen LogP contribution is -2.28. The van der Waals surface area contributed by atoms with E-state index >= 15 is 0 Å². The Labute approximate surface area is 67.0 Å². The molecular weight excluding hydrogens is 144 g/mol. The molecule has 2 nitrogen and oxygen atoms in total. The Bertz CT molecular complexity index is 109. The first-order valence-electron chi connectivity index (χ1n) is 3.40. The van der Waals surface area contributed by atoms with Crippen LogP contribution in [-0.4, -0.2) is 24.6 Å². The number of nitriles is 1. The van der Waals surface area contributed by atoms with E-state index < -0.39 is 0 Å². The lowest BCUT2D eigenvalue weighted by atomic mass is 10.3. The standard InChI is InChI=1S/C7H14N2S/c1-7(6-10-2)9-5-3-4-8/h7,9H,3,5-6H2,1-2H3. The molecule has 1 unspecified atom stereocenters. The smallest absolute Gasteiger partial charge is 0.0635 e. The van der Waals surface area contributed by atoms with Gasteiger partial charge in [0, 0.05) is 24.8 Å². The van der Waals surface area contributed by atoms with E-state index in [9.17, 15) is 0 Å². The Kier molecular flexibility index (Phi) is 6.78. The molecule has 0 radical (unpaired) electrons. The monoisotopic (exact) mass is 158 g/mol. The van der Waals surface area contributed by atoms with Gasteiger partial charge in [0.05, 0.1) is 6.07 Å². The van der Waals surface area contributed by atoms with Crippen LogP contribution in [0.3, 0.4) is 0 Å². The molecule has 0 heterocycles. The van der Waals surface area contributed by atoms with Gasteiger partial charge in [0.15, 0.2) is 0 Å². The number of hydrogen-bond donors (Lipinski definition) is 1. The molecule has 0 aliphatic heterocycles. The van der Waals surface area contributed by atoms with E-state index in [1.165, 1.54) is 0 Å². The Morgan fingerprint density at radius 3 is 2.90 bits per heavy atom. The second-order valence-electron chi connectivity index (χ2n) is 2.22. The fourth-order valence-corrected chi connectivity index (χ4v) is 1.30. The largest absolute Gasteiger partial charge is 0.312 e. The molecule has 0 rings (SSSR count). The molecule has 1 atom stereocenters. The Balaban J connectivity index is 3.06. The summed E-state index contributed by atoms with van der Waals surface area (Å²) in [6, 6.07) is 2.63. The fraction of sp³-hybridized carbons (Fsp3) is 0.857. The SMILES string of the molecule is CSCC(C)NCCC#N. The third kappa shape index (κ3) is 5.93. The number of rotatable bonds is 5. The van der Waals surface area contributed by atoms with Crippen LogP contribution in [0.15, 0.2) is 0 Å². The summed E-state index contributed by atoms with van der Waals surface area (Å²) in [6.45, 7) is 2.95. The van der Waals surface area contributed by atoms with Crippen molar-refractivity contribution in [3.05, 3.63) is 0 Å². The van der Waals surface area contributed by atoms with Crippen LogP contribution in [0.2, 0.25) is 0 Å². The second kappa shape index (κ2) is 6.91. The maximum absolute atomic E-state index is 8.21. The molecule has 0 aromatic heterocycles. The topological polar surface area (TPSA) is 35.8 Å². The summed E-state index contributed by atoms with van der Waals surface area (Å²) in [6.07, 6.45) is 2.70. The predicted molar refractivity (Wildman–Crippen MR) is 46.1 cm³/mol. The molecule has 0 saturated heterocycles. The summed E-state index contributed by atoms with van der Waals surface area (Å²) in [5.41, 5.74) is 0. The molecular formula is C7H14N2S. The molecule has 0 aliphatic carbocycles. The normalized spacial score (nSPS) is 12.5. The van der Waals surface area contributed by atoms with Gasteiger partial charge >= 0.3 is 0 Å². The third-order valence-electron chi connectivity index (χ3n) is 1.15. The van der Waals surface area contributed by atoms with Crippen molar-refractivity contribution in [1.82, 2.24) is 5.32 Å². The molecule has 0 aromatic carbocycles. The molecule has 0 bridgehead atoms. The van der Waals surface area contributed by atoms with Gasteiger partial charge in [-0.05, 0) is 13.2 Å². The lowest BCUT2D eigenvalue weighted by molar-refractivity contribution is 0.604. The molecule has 0 saturated carbocycles. The van der Waals surface area contributed by atoms with Gasteiger partial charge in [-0.3, -0.25) is 0 Å². The maximum atomic E-state index is 8.21. The van der Waals surface area contributed by atoms with Crippen molar-refractivity contribution >= 4 is 11.8 Å². The van der Waals surface area contributed by atoms with Crippen LogP contribution in [0.4, 0.5) is 0 Å². The molecule has 58 valence electrons. The first-order chi connectivity index (χ1) is 4.81. The van der Waals surface area contributed by atoms with Crippen molar-refractivity contribution in [1.29, 1.82) is 5.26 Å². The van der Waals surface area contributed by atoms with E-state index in [-0.39, 0.29) is 0 Å². The summed E-state index contributed by atoms with van der Waals surface area (Å²) in [5, 5.41) is 11.5. The fourth-order valence-electron chi connectivity index (χ4n) is 0.683. The van der Waals surface area contributed by atoms with Gasteiger partial charge in [0.25, 0.3) is 0 Å². The predicted octanol–water partition coefficient (Wildman–Crippen LogP) is 1.24. The Morgan fingerprint density at radius 2 is 2.40 bits per heavy atom. The Hall–Kier alpha value is -0.200. The molecule has 0 aliphatic rings. The molecule has 1 N–H and O–H groups in total. The molecule has 10 heavy (non-hydrogen) atoms. The van der Waals surface area contributed by atoms with Crippen molar-refractivity contribution in [2.24, 2.45) is 0 Å². The second-order valence-corrected chi connectivity index (χ2v) is 3.13. The zero-order valence-corrected chi connectivity index (χ0v) is 7.37. The van der Waals surface area contributed by atoms with Gasteiger partial charge in [0.2, 0.25) is 0 Å². The summed E-state index contributed by atoms with van der Waals surface area (Å²) in [7, 11) is 0. The summed E-state index contributed by atoms with van der Waals surface area (Å²) in [4.78, 5) is 0. The van der Waals surface area contributed by atoms with Crippen molar-refractivity contribution < 1.29 is 0 Å². The van der Waals surface area contributed by atoms with E-state index in [0.29, 0.717) is 12.5 Å². The molecule has 0 amide bonds. The van der Waals surface area contributed by atoms with Crippen molar-refractivity contribution in [3.63, 3.8) is 0 Å². The van der Waals surface area contributed by atoms with Gasteiger partial charge < -0.3 is 5.32 Å². The van der Waals surface area contributed by atoms with Crippen LogP contribution < -0.4 is 5.32 Å². The van der Waals surface area contributed by atoms with Crippen LogP contribution in [-0.2, 0) is 0 Å². The highest BCUT2D eigenvalue weighted by molar-refractivity contribution is 7.98. The van der Waals surface area contributed by atoms with E-state index in [0.717, 1.165) is 12.3 Å². The van der Waals surface area contributed by atoms with Crippen LogP contribution in [0, 0.1) is 11.3 Å². The van der Waals surface area contributed by atoms with Crippen molar-refractivity contribution in [2.45, 2.75) is 19.4 Å². The lowest BCUT2D eigenvalue weighted by Gasteiger charge is -2.09. The number of nitrogens with zero attached hydrogens (tertiary/aromatic N) is 1. The van der Waals surface area contributed by atoms with E-state index in [1.807, 2.05) is 11.8 Å². The third-order valence-corrected chi connectivity index (χ3v) is 1.98. The summed E-state index contributed by atoms with van der Waals surface area (Å²) < 4.78 is 0. The minimum Gasteiger partial charge on any atom is -0.312 e. The first-order valence-corrected chi connectivity index (χ1v) is 4.80. The summed E-state index contributed by atoms with van der Waals surface area (Å²) >= 11 is 1.82. The molecule has 0 fully saturated rings. The quantitative estimate of drug-likeness (QED) is 0.611. The van der Waals surface area contributed by atoms with Gasteiger partial charge in [-0.1, -0.05) is 0 Å².